The largest absolute Gasteiger partial charge is 0.317 e. The molecule has 0 amide bonds. The van der Waals surface area contributed by atoms with Crippen molar-refractivity contribution in [2.75, 3.05) is 13.1 Å². The summed E-state index contributed by atoms with van der Waals surface area (Å²) in [5.41, 5.74) is 0. The molecule has 0 aliphatic heterocycles. The highest BCUT2D eigenvalue weighted by Gasteiger charge is 2.36. The van der Waals surface area contributed by atoms with Gasteiger partial charge in [-0.15, -0.1) is 0 Å². The zero-order valence-corrected chi connectivity index (χ0v) is 13.5. The number of hydrogen-bond donors (Lipinski definition) is 1. The van der Waals surface area contributed by atoms with Crippen LogP contribution < -0.4 is 5.32 Å². The molecule has 0 radical (unpaired) electrons. The van der Waals surface area contributed by atoms with Gasteiger partial charge in [0.25, 0.3) is 0 Å². The van der Waals surface area contributed by atoms with Crippen molar-refractivity contribution in [1.82, 2.24) is 5.32 Å². The molecule has 0 aromatic heterocycles. The molecule has 2 saturated carbocycles. The third-order valence-corrected chi connectivity index (χ3v) is 5.94. The van der Waals surface area contributed by atoms with Crippen molar-refractivity contribution in [3.8, 4) is 0 Å². The Hall–Kier alpha value is -0.0400. The number of rotatable bonds is 5. The Bertz CT molecular complexity index is 242. The van der Waals surface area contributed by atoms with E-state index in [9.17, 15) is 0 Å². The van der Waals surface area contributed by atoms with Gasteiger partial charge in [0, 0.05) is 0 Å². The molecule has 1 N–H and O–H groups in total. The lowest BCUT2D eigenvalue weighted by Gasteiger charge is -2.43. The Kier molecular flexibility index (Phi) is 6.19. The van der Waals surface area contributed by atoms with E-state index in [1.54, 1.807) is 0 Å². The molecule has 112 valence electrons. The second-order valence-electron chi connectivity index (χ2n) is 7.45. The Labute approximate surface area is 120 Å². The summed E-state index contributed by atoms with van der Waals surface area (Å²) in [7, 11) is 0. The Balaban J connectivity index is 1.97. The van der Waals surface area contributed by atoms with Crippen LogP contribution in [0.5, 0.6) is 0 Å². The second kappa shape index (κ2) is 7.67. The van der Waals surface area contributed by atoms with E-state index in [1.807, 2.05) is 0 Å². The second-order valence-corrected chi connectivity index (χ2v) is 7.45. The van der Waals surface area contributed by atoms with Crippen molar-refractivity contribution in [2.45, 2.75) is 72.1 Å². The van der Waals surface area contributed by atoms with E-state index in [1.165, 1.54) is 57.9 Å². The maximum Gasteiger partial charge on any atom is -0.00179 e. The van der Waals surface area contributed by atoms with Crippen molar-refractivity contribution < 1.29 is 0 Å². The lowest BCUT2D eigenvalue weighted by molar-refractivity contribution is 0.0790. The molecule has 0 bridgehead atoms. The van der Waals surface area contributed by atoms with E-state index in [0.29, 0.717) is 0 Å². The summed E-state index contributed by atoms with van der Waals surface area (Å²) >= 11 is 0. The fourth-order valence-electron chi connectivity index (χ4n) is 4.63. The maximum atomic E-state index is 3.63. The zero-order valence-electron chi connectivity index (χ0n) is 13.5. The summed E-state index contributed by atoms with van der Waals surface area (Å²) in [5, 5.41) is 3.63. The van der Waals surface area contributed by atoms with Crippen LogP contribution in [0.3, 0.4) is 0 Å². The van der Waals surface area contributed by atoms with Gasteiger partial charge in [-0.1, -0.05) is 52.9 Å². The first-order valence-electron chi connectivity index (χ1n) is 8.93. The van der Waals surface area contributed by atoms with Crippen molar-refractivity contribution in [2.24, 2.45) is 29.6 Å². The standard InChI is InChI=1S/C18H35N/c1-4-19-13-17-11-10-16(14(2)3)12-18(17)15-8-6-5-7-9-15/h14-19H,4-13H2,1-3H3. The number of nitrogens with one attached hydrogen (secondary N) is 1. The van der Waals surface area contributed by atoms with Gasteiger partial charge in [-0.05, 0) is 61.9 Å². The van der Waals surface area contributed by atoms with E-state index < -0.39 is 0 Å². The highest BCUT2D eigenvalue weighted by Crippen LogP contribution is 2.45. The lowest BCUT2D eigenvalue weighted by Crippen LogP contribution is -2.38. The SMILES string of the molecule is CCNCC1CCC(C(C)C)CC1C1CCCCC1. The topological polar surface area (TPSA) is 12.0 Å². The molecule has 2 rings (SSSR count). The van der Waals surface area contributed by atoms with Crippen LogP contribution in [-0.2, 0) is 0 Å². The summed E-state index contributed by atoms with van der Waals surface area (Å²) < 4.78 is 0. The predicted molar refractivity (Wildman–Crippen MR) is 84.3 cm³/mol. The molecule has 19 heavy (non-hydrogen) atoms. The van der Waals surface area contributed by atoms with Gasteiger partial charge in [0.1, 0.15) is 0 Å². The van der Waals surface area contributed by atoms with E-state index in [0.717, 1.165) is 36.1 Å². The minimum absolute atomic E-state index is 0.895. The van der Waals surface area contributed by atoms with Crippen LogP contribution in [0.15, 0.2) is 0 Å². The highest BCUT2D eigenvalue weighted by atomic mass is 14.8. The molecule has 1 heteroatoms. The molecule has 0 spiro atoms. The van der Waals surface area contributed by atoms with Gasteiger partial charge in [0.05, 0.1) is 0 Å². The van der Waals surface area contributed by atoms with Crippen molar-refractivity contribution in [1.29, 1.82) is 0 Å². The van der Waals surface area contributed by atoms with E-state index in [4.69, 9.17) is 0 Å². The van der Waals surface area contributed by atoms with Crippen LogP contribution in [0.4, 0.5) is 0 Å². The van der Waals surface area contributed by atoms with Crippen LogP contribution in [-0.4, -0.2) is 13.1 Å². The van der Waals surface area contributed by atoms with Crippen LogP contribution in [0.1, 0.15) is 72.1 Å². The van der Waals surface area contributed by atoms with Gasteiger partial charge in [-0.25, -0.2) is 0 Å². The summed E-state index contributed by atoms with van der Waals surface area (Å²) in [6, 6.07) is 0. The number of hydrogen-bond acceptors (Lipinski definition) is 1. The van der Waals surface area contributed by atoms with Gasteiger partial charge >= 0.3 is 0 Å². The van der Waals surface area contributed by atoms with E-state index in [2.05, 4.69) is 26.1 Å². The van der Waals surface area contributed by atoms with Crippen LogP contribution in [0.25, 0.3) is 0 Å². The fraction of sp³-hybridized carbons (Fsp3) is 1.00. The molecule has 3 atom stereocenters. The molecule has 2 fully saturated rings. The monoisotopic (exact) mass is 265 g/mol. The Morgan fingerprint density at radius 3 is 2.37 bits per heavy atom. The van der Waals surface area contributed by atoms with Crippen molar-refractivity contribution in [3.63, 3.8) is 0 Å². The molecule has 0 aromatic rings. The summed E-state index contributed by atoms with van der Waals surface area (Å²) in [6.07, 6.45) is 12.0. The zero-order chi connectivity index (χ0) is 13.7. The molecular weight excluding hydrogens is 230 g/mol. The Morgan fingerprint density at radius 1 is 1.00 bits per heavy atom. The maximum absolute atomic E-state index is 3.63. The van der Waals surface area contributed by atoms with Gasteiger partial charge in [-0.3, -0.25) is 0 Å². The minimum atomic E-state index is 0.895. The van der Waals surface area contributed by atoms with Crippen molar-refractivity contribution >= 4 is 0 Å². The first-order chi connectivity index (χ1) is 9.22. The third kappa shape index (κ3) is 4.21. The average Bonchev–Trinajstić information content (AvgIpc) is 2.45. The summed E-state index contributed by atoms with van der Waals surface area (Å²) in [6.45, 7) is 9.54. The molecule has 2 aliphatic rings. The van der Waals surface area contributed by atoms with Crippen LogP contribution in [0, 0.1) is 29.6 Å². The van der Waals surface area contributed by atoms with Gasteiger partial charge in [-0.2, -0.15) is 0 Å². The summed E-state index contributed by atoms with van der Waals surface area (Å²) in [5.74, 6) is 4.95. The quantitative estimate of drug-likeness (QED) is 0.748. The van der Waals surface area contributed by atoms with E-state index >= 15 is 0 Å². The summed E-state index contributed by atoms with van der Waals surface area (Å²) in [4.78, 5) is 0. The molecule has 1 nitrogen and oxygen atoms in total. The smallest absolute Gasteiger partial charge is 0.00179 e. The van der Waals surface area contributed by atoms with Crippen LogP contribution >= 0.6 is 0 Å². The molecule has 3 unspecified atom stereocenters. The fourth-order valence-corrected chi connectivity index (χ4v) is 4.63. The normalized spacial score (nSPS) is 33.8. The first-order valence-corrected chi connectivity index (χ1v) is 8.93. The molecule has 2 aliphatic carbocycles. The first kappa shape index (κ1) is 15.4. The van der Waals surface area contributed by atoms with Gasteiger partial charge in [0.2, 0.25) is 0 Å². The molecule has 0 aromatic carbocycles. The van der Waals surface area contributed by atoms with Crippen molar-refractivity contribution in [3.05, 3.63) is 0 Å². The lowest BCUT2D eigenvalue weighted by atomic mass is 9.63. The third-order valence-electron chi connectivity index (χ3n) is 5.94. The molecule has 0 saturated heterocycles. The van der Waals surface area contributed by atoms with E-state index in [-0.39, 0.29) is 0 Å². The van der Waals surface area contributed by atoms with Gasteiger partial charge in [0.15, 0.2) is 0 Å². The highest BCUT2D eigenvalue weighted by molar-refractivity contribution is 4.87. The molecule has 0 heterocycles. The Morgan fingerprint density at radius 2 is 1.74 bits per heavy atom. The molecular formula is C18H35N. The predicted octanol–water partition coefficient (Wildman–Crippen LogP) is 4.86. The average molecular weight is 265 g/mol. The van der Waals surface area contributed by atoms with Crippen LogP contribution in [0.2, 0.25) is 0 Å². The van der Waals surface area contributed by atoms with Gasteiger partial charge < -0.3 is 5.32 Å². The minimum Gasteiger partial charge on any atom is -0.317 e.